The second-order valence-electron chi connectivity index (χ2n) is 1.82. The summed E-state index contributed by atoms with van der Waals surface area (Å²) < 4.78 is 0. The van der Waals surface area contributed by atoms with E-state index < -0.39 is 0 Å². The standard InChI is InChI=1S/2C3H5N3/c2*1-2-5-6-3-4-1/h1-2,4H,3H2;1-3,5H,(H,4,6). The van der Waals surface area contributed by atoms with Crippen LogP contribution in [-0.4, -0.2) is 13.0 Å². The number of rotatable bonds is 0. The van der Waals surface area contributed by atoms with Crippen LogP contribution in [0.25, 0.3) is 0 Å². The van der Waals surface area contributed by atoms with Crippen LogP contribution in [0.2, 0.25) is 0 Å². The van der Waals surface area contributed by atoms with Crippen molar-refractivity contribution in [3.05, 3.63) is 24.8 Å². The Balaban J connectivity index is 0.000000120. The molecule has 0 fully saturated rings. The largest absolute Gasteiger partial charge is 0.369 e. The molecule has 0 atom stereocenters. The minimum absolute atomic E-state index is 0.622. The predicted molar refractivity (Wildman–Crippen MR) is 45.9 cm³/mol. The van der Waals surface area contributed by atoms with Gasteiger partial charge in [-0.3, -0.25) is 5.43 Å². The quantitative estimate of drug-likeness (QED) is 0.476. The van der Waals surface area contributed by atoms with Gasteiger partial charge in [-0.1, -0.05) is 0 Å². The zero-order valence-electron chi connectivity index (χ0n) is 6.44. The molecule has 0 unspecified atom stereocenters. The number of nitrogens with zero attached hydrogens (tertiary/aromatic N) is 3. The van der Waals surface area contributed by atoms with Gasteiger partial charge in [0.15, 0.2) is 0 Å². The van der Waals surface area contributed by atoms with E-state index >= 15 is 0 Å². The average molecular weight is 166 g/mol. The smallest absolute Gasteiger partial charge is 0.129 e. The number of hydrogen-bond donors (Lipinski definition) is 3. The molecule has 2 aliphatic rings. The summed E-state index contributed by atoms with van der Waals surface area (Å²) in [5, 5.41) is 16.4. The fourth-order valence-electron chi connectivity index (χ4n) is 0.514. The van der Waals surface area contributed by atoms with Crippen molar-refractivity contribution in [1.82, 2.24) is 16.1 Å². The van der Waals surface area contributed by atoms with Gasteiger partial charge < -0.3 is 10.6 Å². The third kappa shape index (κ3) is 4.04. The first-order valence-electron chi connectivity index (χ1n) is 3.43. The van der Waals surface area contributed by atoms with Gasteiger partial charge in [-0.05, 0) is 0 Å². The lowest BCUT2D eigenvalue weighted by Crippen LogP contribution is -2.11. The van der Waals surface area contributed by atoms with Crippen molar-refractivity contribution in [2.24, 2.45) is 15.3 Å². The molecule has 2 rings (SSSR count). The lowest BCUT2D eigenvalue weighted by molar-refractivity contribution is 0.800. The third-order valence-corrected chi connectivity index (χ3v) is 0.970. The fourth-order valence-corrected chi connectivity index (χ4v) is 0.514. The van der Waals surface area contributed by atoms with E-state index in [1.54, 1.807) is 31.1 Å². The van der Waals surface area contributed by atoms with Crippen LogP contribution < -0.4 is 16.1 Å². The van der Waals surface area contributed by atoms with Crippen LogP contribution in [0.5, 0.6) is 0 Å². The van der Waals surface area contributed by atoms with Gasteiger partial charge in [0.05, 0.1) is 6.20 Å². The molecule has 12 heavy (non-hydrogen) atoms. The van der Waals surface area contributed by atoms with Crippen LogP contribution in [0.3, 0.4) is 0 Å². The minimum Gasteiger partial charge on any atom is -0.369 e. The van der Waals surface area contributed by atoms with E-state index in [1.165, 1.54) is 0 Å². The van der Waals surface area contributed by atoms with Gasteiger partial charge in [0, 0.05) is 18.6 Å². The van der Waals surface area contributed by atoms with E-state index in [4.69, 9.17) is 0 Å². The Morgan fingerprint density at radius 1 is 1.17 bits per heavy atom. The average Bonchev–Trinajstić information content (AvgIpc) is 2.24. The molecule has 0 amide bonds. The second-order valence-corrected chi connectivity index (χ2v) is 1.82. The summed E-state index contributed by atoms with van der Waals surface area (Å²) in [5.41, 5.74) is 2.61. The number of hydrazone groups is 1. The summed E-state index contributed by atoms with van der Waals surface area (Å²) in [6.45, 7) is 0.622. The Morgan fingerprint density at radius 2 is 2.17 bits per heavy atom. The van der Waals surface area contributed by atoms with Crippen LogP contribution >= 0.6 is 0 Å². The van der Waals surface area contributed by atoms with Crippen molar-refractivity contribution in [1.29, 1.82) is 0 Å². The lowest BCUT2D eigenvalue weighted by atomic mass is 10.8. The maximum absolute atomic E-state index is 3.60. The summed E-state index contributed by atoms with van der Waals surface area (Å²) in [4.78, 5) is 0. The van der Waals surface area contributed by atoms with Gasteiger partial charge in [0.25, 0.3) is 0 Å². The highest BCUT2D eigenvalue weighted by Gasteiger charge is 1.75. The van der Waals surface area contributed by atoms with E-state index in [0.717, 1.165) is 0 Å². The van der Waals surface area contributed by atoms with Crippen LogP contribution in [0.1, 0.15) is 0 Å². The van der Waals surface area contributed by atoms with E-state index in [0.29, 0.717) is 6.67 Å². The Hall–Kier alpha value is -1.85. The lowest BCUT2D eigenvalue weighted by Gasteiger charge is -1.94. The van der Waals surface area contributed by atoms with Crippen molar-refractivity contribution in [2.45, 2.75) is 0 Å². The topological polar surface area (TPSA) is 73.2 Å². The van der Waals surface area contributed by atoms with Crippen molar-refractivity contribution in [2.75, 3.05) is 6.67 Å². The molecule has 0 aromatic carbocycles. The van der Waals surface area contributed by atoms with E-state index in [-0.39, 0.29) is 0 Å². The molecule has 0 saturated carbocycles. The molecular weight excluding hydrogens is 156 g/mol. The summed E-state index contributed by atoms with van der Waals surface area (Å²) in [7, 11) is 0. The van der Waals surface area contributed by atoms with E-state index in [2.05, 4.69) is 31.4 Å². The molecule has 0 aliphatic carbocycles. The molecule has 3 N–H and O–H groups in total. The first-order chi connectivity index (χ1) is 6.00. The molecule has 6 heteroatoms. The van der Waals surface area contributed by atoms with Crippen molar-refractivity contribution < 1.29 is 0 Å². The van der Waals surface area contributed by atoms with Crippen LogP contribution in [0.15, 0.2) is 40.1 Å². The van der Waals surface area contributed by atoms with E-state index in [9.17, 15) is 0 Å². The Bertz CT molecular complexity index is 184. The molecule has 0 radical (unpaired) electrons. The van der Waals surface area contributed by atoms with Gasteiger partial charge in [-0.15, -0.1) is 0 Å². The summed E-state index contributed by atoms with van der Waals surface area (Å²) in [6, 6.07) is 0. The summed E-state index contributed by atoms with van der Waals surface area (Å²) in [5.74, 6) is 0. The number of azo groups is 1. The minimum atomic E-state index is 0.622. The maximum atomic E-state index is 3.60. The Labute approximate surface area is 70.1 Å². The van der Waals surface area contributed by atoms with Crippen LogP contribution in [0, 0.1) is 0 Å². The molecule has 2 aliphatic heterocycles. The monoisotopic (exact) mass is 166 g/mol. The molecule has 0 aromatic heterocycles. The van der Waals surface area contributed by atoms with Gasteiger partial charge in [-0.25, -0.2) is 0 Å². The summed E-state index contributed by atoms with van der Waals surface area (Å²) in [6.07, 6.45) is 8.41. The number of hydrogen-bond acceptors (Lipinski definition) is 6. The van der Waals surface area contributed by atoms with Crippen molar-refractivity contribution in [3.63, 3.8) is 0 Å². The molecule has 64 valence electrons. The first-order valence-corrected chi connectivity index (χ1v) is 3.43. The molecule has 0 spiro atoms. The number of nitrogens with one attached hydrogen (secondary N) is 3. The molecule has 2 heterocycles. The molecule has 0 saturated heterocycles. The highest BCUT2D eigenvalue weighted by Crippen LogP contribution is 1.80. The van der Waals surface area contributed by atoms with Gasteiger partial charge >= 0.3 is 0 Å². The Morgan fingerprint density at radius 3 is 2.33 bits per heavy atom. The van der Waals surface area contributed by atoms with Gasteiger partial charge in [-0.2, -0.15) is 15.3 Å². The van der Waals surface area contributed by atoms with E-state index in [1.807, 2.05) is 0 Å². The zero-order chi connectivity index (χ0) is 8.49. The van der Waals surface area contributed by atoms with Crippen molar-refractivity contribution >= 4 is 6.34 Å². The predicted octanol–water partition coefficient (Wildman–Crippen LogP) is 0.0642. The Kier molecular flexibility index (Phi) is 4.06. The second kappa shape index (κ2) is 5.90. The SMILES string of the molecule is C1=CNCN=N1.C1=CNN=CN1. The van der Waals surface area contributed by atoms with Gasteiger partial charge in [0.2, 0.25) is 0 Å². The normalized spacial score (nSPS) is 16.7. The molecule has 6 nitrogen and oxygen atoms in total. The van der Waals surface area contributed by atoms with Crippen LogP contribution in [-0.2, 0) is 0 Å². The first kappa shape index (κ1) is 8.25. The highest BCUT2D eigenvalue weighted by molar-refractivity contribution is 5.56. The zero-order valence-corrected chi connectivity index (χ0v) is 6.44. The molecule has 0 bridgehead atoms. The van der Waals surface area contributed by atoms with Crippen molar-refractivity contribution in [3.8, 4) is 0 Å². The third-order valence-electron chi connectivity index (χ3n) is 0.970. The van der Waals surface area contributed by atoms with Gasteiger partial charge in [0.1, 0.15) is 13.0 Å². The van der Waals surface area contributed by atoms with Crippen LogP contribution in [0.4, 0.5) is 0 Å². The maximum Gasteiger partial charge on any atom is 0.129 e. The summed E-state index contributed by atoms with van der Waals surface area (Å²) >= 11 is 0. The molecular formula is C6H10N6. The highest BCUT2D eigenvalue weighted by atomic mass is 15.3. The molecule has 0 aromatic rings. The fraction of sp³-hybridized carbons (Fsp3) is 0.167.